The van der Waals surface area contributed by atoms with Crippen LogP contribution in [0.2, 0.25) is 5.02 Å². The predicted octanol–water partition coefficient (Wildman–Crippen LogP) is 3.66. The van der Waals surface area contributed by atoms with Gasteiger partial charge in [0.15, 0.2) is 11.5 Å². The fourth-order valence-electron chi connectivity index (χ4n) is 2.19. The largest absolute Gasteiger partial charge is 0.497 e. The third-order valence-corrected chi connectivity index (χ3v) is 3.76. The quantitative estimate of drug-likeness (QED) is 0.845. The van der Waals surface area contributed by atoms with Crippen molar-refractivity contribution in [2.24, 2.45) is 0 Å². The first kappa shape index (κ1) is 16.5. The van der Waals surface area contributed by atoms with Gasteiger partial charge in [-0.25, -0.2) is 0 Å². The van der Waals surface area contributed by atoms with E-state index in [4.69, 9.17) is 25.8 Å². The Morgan fingerprint density at radius 2 is 1.77 bits per heavy atom. The van der Waals surface area contributed by atoms with Gasteiger partial charge in [-0.05, 0) is 29.3 Å². The normalized spacial score (nSPS) is 10.4. The predicted molar refractivity (Wildman–Crippen MR) is 88.1 cm³/mol. The highest BCUT2D eigenvalue weighted by atomic mass is 35.5. The molecule has 0 amide bonds. The zero-order valence-corrected chi connectivity index (χ0v) is 13.7. The molecule has 0 fully saturated rings. The molecular weight excluding hydrogens is 302 g/mol. The highest BCUT2D eigenvalue weighted by Crippen LogP contribution is 2.37. The first-order valence-corrected chi connectivity index (χ1v) is 7.30. The maximum atomic E-state index is 6.36. The van der Waals surface area contributed by atoms with E-state index >= 15 is 0 Å². The minimum absolute atomic E-state index is 0.560. The topological polar surface area (TPSA) is 39.7 Å². The van der Waals surface area contributed by atoms with E-state index in [0.29, 0.717) is 23.1 Å². The Labute approximate surface area is 136 Å². The first-order valence-electron chi connectivity index (χ1n) is 6.92. The summed E-state index contributed by atoms with van der Waals surface area (Å²) in [5, 5.41) is 3.93. The Hall–Kier alpha value is -1.91. The lowest BCUT2D eigenvalue weighted by atomic mass is 10.1. The molecule has 0 radical (unpaired) electrons. The number of ether oxygens (including phenoxy) is 3. The summed E-state index contributed by atoms with van der Waals surface area (Å²) in [5.41, 5.74) is 2.11. The zero-order chi connectivity index (χ0) is 15.9. The minimum Gasteiger partial charge on any atom is -0.497 e. The monoisotopic (exact) mass is 321 g/mol. The molecule has 0 heterocycles. The Bertz CT molecular complexity index is 631. The Kier molecular flexibility index (Phi) is 5.92. The Morgan fingerprint density at radius 3 is 2.45 bits per heavy atom. The molecule has 4 nitrogen and oxygen atoms in total. The van der Waals surface area contributed by atoms with Crippen LogP contribution in [0.3, 0.4) is 0 Å². The summed E-state index contributed by atoms with van der Waals surface area (Å²) < 4.78 is 15.7. The summed E-state index contributed by atoms with van der Waals surface area (Å²) in [4.78, 5) is 0. The first-order chi connectivity index (χ1) is 10.7. The maximum Gasteiger partial charge on any atom is 0.179 e. The van der Waals surface area contributed by atoms with Gasteiger partial charge in [0.1, 0.15) is 5.75 Å². The number of benzene rings is 2. The van der Waals surface area contributed by atoms with Gasteiger partial charge in [0.2, 0.25) is 0 Å². The van der Waals surface area contributed by atoms with E-state index in [1.807, 2.05) is 36.4 Å². The van der Waals surface area contributed by atoms with Crippen LogP contribution in [0.15, 0.2) is 36.4 Å². The molecule has 0 bridgehead atoms. The van der Waals surface area contributed by atoms with Gasteiger partial charge in [-0.15, -0.1) is 0 Å². The summed E-state index contributed by atoms with van der Waals surface area (Å²) in [7, 11) is 4.84. The van der Waals surface area contributed by atoms with Crippen LogP contribution in [0, 0.1) is 0 Å². The van der Waals surface area contributed by atoms with Crippen LogP contribution in [0.1, 0.15) is 11.1 Å². The molecule has 0 unspecified atom stereocenters. The number of rotatable bonds is 7. The van der Waals surface area contributed by atoms with Crippen molar-refractivity contribution in [1.29, 1.82) is 0 Å². The lowest BCUT2D eigenvalue weighted by Gasteiger charge is -2.13. The third-order valence-electron chi connectivity index (χ3n) is 3.34. The van der Waals surface area contributed by atoms with Gasteiger partial charge in [-0.3, -0.25) is 0 Å². The molecule has 2 rings (SSSR count). The van der Waals surface area contributed by atoms with Crippen LogP contribution >= 0.6 is 11.6 Å². The van der Waals surface area contributed by atoms with E-state index in [9.17, 15) is 0 Å². The van der Waals surface area contributed by atoms with Crippen LogP contribution in [0.25, 0.3) is 0 Å². The van der Waals surface area contributed by atoms with Gasteiger partial charge >= 0.3 is 0 Å². The number of hydrogen-bond donors (Lipinski definition) is 1. The second-order valence-electron chi connectivity index (χ2n) is 4.73. The molecule has 0 aliphatic rings. The number of methoxy groups -OCH3 is 3. The molecule has 0 aliphatic heterocycles. The average Bonchev–Trinajstić information content (AvgIpc) is 2.56. The second-order valence-corrected chi connectivity index (χ2v) is 5.11. The van der Waals surface area contributed by atoms with Crippen LogP contribution in [-0.4, -0.2) is 21.3 Å². The third kappa shape index (κ3) is 3.84. The Morgan fingerprint density at radius 1 is 0.955 bits per heavy atom. The molecule has 0 aliphatic carbocycles. The van der Waals surface area contributed by atoms with Crippen molar-refractivity contribution in [2.75, 3.05) is 21.3 Å². The second kappa shape index (κ2) is 7.92. The SMILES string of the molecule is COc1cccc(CNCc2ccc(OC)c(OC)c2Cl)c1. The van der Waals surface area contributed by atoms with Gasteiger partial charge in [0, 0.05) is 13.1 Å². The summed E-state index contributed by atoms with van der Waals surface area (Å²) in [6.07, 6.45) is 0. The lowest BCUT2D eigenvalue weighted by Crippen LogP contribution is -2.13. The van der Waals surface area contributed by atoms with E-state index in [-0.39, 0.29) is 0 Å². The van der Waals surface area contributed by atoms with E-state index in [1.165, 1.54) is 0 Å². The molecule has 0 saturated heterocycles. The van der Waals surface area contributed by atoms with E-state index in [2.05, 4.69) is 5.32 Å². The molecule has 118 valence electrons. The lowest BCUT2D eigenvalue weighted by molar-refractivity contribution is 0.354. The highest BCUT2D eigenvalue weighted by Gasteiger charge is 2.12. The molecule has 0 aromatic heterocycles. The molecule has 0 spiro atoms. The van der Waals surface area contributed by atoms with Crippen molar-refractivity contribution >= 4 is 11.6 Å². The van der Waals surface area contributed by atoms with Crippen LogP contribution < -0.4 is 19.5 Å². The van der Waals surface area contributed by atoms with Gasteiger partial charge in [-0.2, -0.15) is 0 Å². The fourth-order valence-corrected chi connectivity index (χ4v) is 2.49. The molecular formula is C17H20ClNO3. The van der Waals surface area contributed by atoms with Crippen molar-refractivity contribution in [1.82, 2.24) is 5.32 Å². The number of hydrogen-bond acceptors (Lipinski definition) is 4. The molecule has 22 heavy (non-hydrogen) atoms. The smallest absolute Gasteiger partial charge is 0.179 e. The van der Waals surface area contributed by atoms with E-state index < -0.39 is 0 Å². The molecule has 2 aromatic rings. The molecule has 0 atom stereocenters. The molecule has 0 saturated carbocycles. The Balaban J connectivity index is 2.02. The van der Waals surface area contributed by atoms with Crippen molar-refractivity contribution < 1.29 is 14.2 Å². The van der Waals surface area contributed by atoms with Crippen LogP contribution in [0.4, 0.5) is 0 Å². The summed E-state index contributed by atoms with van der Waals surface area (Å²) in [6, 6.07) is 11.7. The van der Waals surface area contributed by atoms with Crippen molar-refractivity contribution in [3.63, 3.8) is 0 Å². The average molecular weight is 322 g/mol. The zero-order valence-electron chi connectivity index (χ0n) is 13.0. The number of halogens is 1. The summed E-state index contributed by atoms with van der Waals surface area (Å²) >= 11 is 6.36. The summed E-state index contributed by atoms with van der Waals surface area (Å²) in [5.74, 6) is 2.04. The fraction of sp³-hybridized carbons (Fsp3) is 0.294. The summed E-state index contributed by atoms with van der Waals surface area (Å²) in [6.45, 7) is 1.36. The number of nitrogens with one attached hydrogen (secondary N) is 1. The van der Waals surface area contributed by atoms with Gasteiger partial charge in [0.25, 0.3) is 0 Å². The van der Waals surface area contributed by atoms with Crippen molar-refractivity contribution in [3.05, 3.63) is 52.5 Å². The van der Waals surface area contributed by atoms with Gasteiger partial charge < -0.3 is 19.5 Å². The highest BCUT2D eigenvalue weighted by molar-refractivity contribution is 6.33. The van der Waals surface area contributed by atoms with Gasteiger partial charge in [-0.1, -0.05) is 29.8 Å². The minimum atomic E-state index is 0.560. The molecule has 1 N–H and O–H groups in total. The van der Waals surface area contributed by atoms with Crippen molar-refractivity contribution in [3.8, 4) is 17.2 Å². The molecule has 5 heteroatoms. The van der Waals surface area contributed by atoms with E-state index in [1.54, 1.807) is 21.3 Å². The standard InChI is InChI=1S/C17H20ClNO3/c1-20-14-6-4-5-12(9-14)10-19-11-13-7-8-15(21-2)17(22-3)16(13)18/h4-9,19H,10-11H2,1-3H3. The maximum absolute atomic E-state index is 6.36. The molecule has 2 aromatic carbocycles. The van der Waals surface area contributed by atoms with Crippen LogP contribution in [-0.2, 0) is 13.1 Å². The van der Waals surface area contributed by atoms with Crippen molar-refractivity contribution in [2.45, 2.75) is 13.1 Å². The van der Waals surface area contributed by atoms with E-state index in [0.717, 1.165) is 23.4 Å². The van der Waals surface area contributed by atoms with Gasteiger partial charge in [0.05, 0.1) is 26.4 Å². The van der Waals surface area contributed by atoms with Crippen LogP contribution in [0.5, 0.6) is 17.2 Å².